The van der Waals surface area contributed by atoms with Gasteiger partial charge in [-0.1, -0.05) is 66.2 Å². The van der Waals surface area contributed by atoms with E-state index in [0.717, 1.165) is 160 Å². The number of nitrogens with zero attached hydrogens (tertiary/aromatic N) is 17. The van der Waals surface area contributed by atoms with Gasteiger partial charge in [-0.2, -0.15) is 20.4 Å². The van der Waals surface area contributed by atoms with Crippen molar-refractivity contribution >= 4 is 73.5 Å². The molecule has 0 atom stereocenters. The Morgan fingerprint density at radius 3 is 1.32 bits per heavy atom. The second-order valence-electron chi connectivity index (χ2n) is 31.1. The molecule has 0 unspecified atom stereocenters. The third kappa shape index (κ3) is 21.4. The molecule has 0 spiro atoms. The topological polar surface area (TPSA) is 278 Å². The number of hydrogen-bond donors (Lipinski definition) is 2. The molecule has 4 amide bonds. The minimum atomic E-state index is -0.279. The fraction of sp³-hybridized carbons (Fsp3) is 0.389. The van der Waals surface area contributed by atoms with Crippen molar-refractivity contribution in [1.29, 1.82) is 0 Å². The second kappa shape index (κ2) is 39.1. The standard InChI is InChI=1S/C25H28FN5O2.C22H25FN4OS.C22H27N5OS.C21H24FN5OS/c1-4-5-20-13-23(19-6-7-22(26)17(2)12-19)29-31(20)16-24(32)30-10-8-18(9-11-30)25-27-14-21(33-3)15-28-25;1-14(2)20-12-19(16-4-6-17(23)7-5-16)25-27(20)13-22(28)26-10-8-18-21(9-11-26)29-15(3)24-18;1-4-17-12-19(16-6-5-14(2)15(3)11-16)25-27(17)13-21(28)26-9-7-18-20(8-10-26)29-22(23)24-18;1-13(2)18-11-17(14-3-5-15(22)6-4-14)25-27(18)12-20(28)26-9-7-16-19(8-10-26)29-21(23)24-16/h6-8,12-15H,4-5,9-11,16H2,1-3H3;4-7,12,14H,8-11,13H2,1-3H3;5-6,11-12H,4,7-10,13H2,1-3H3,(H2,23,24);3-6,11,13H,7-10,12H2,1-2H3,(H2,23,24). The van der Waals surface area contributed by atoms with Crippen molar-refractivity contribution in [2.45, 2.75) is 171 Å². The van der Waals surface area contributed by atoms with E-state index >= 15 is 0 Å². The summed E-state index contributed by atoms with van der Waals surface area (Å²) >= 11 is 4.79. The minimum absolute atomic E-state index is 0.0169. The van der Waals surface area contributed by atoms with Gasteiger partial charge in [0, 0.05) is 151 Å². The van der Waals surface area contributed by atoms with Gasteiger partial charge in [0.15, 0.2) is 21.8 Å². The smallest absolute Gasteiger partial charge is 0.244 e. The van der Waals surface area contributed by atoms with Gasteiger partial charge in [0.05, 0.1) is 64.4 Å². The van der Waals surface area contributed by atoms with E-state index in [1.165, 1.54) is 67.4 Å². The fourth-order valence-corrected chi connectivity index (χ4v) is 17.8. The van der Waals surface area contributed by atoms with Crippen LogP contribution in [0, 0.1) is 45.1 Å². The summed E-state index contributed by atoms with van der Waals surface area (Å²) in [4.78, 5) is 85.4. The zero-order valence-electron chi connectivity index (χ0n) is 70.0. The number of hydrogen-bond acceptors (Lipinski definition) is 19. The van der Waals surface area contributed by atoms with E-state index in [4.69, 9.17) is 21.3 Å². The van der Waals surface area contributed by atoms with Crippen molar-refractivity contribution in [2.75, 3.05) is 70.9 Å². The Hall–Kier alpha value is -11.5. The van der Waals surface area contributed by atoms with Crippen LogP contribution in [0.1, 0.15) is 148 Å². The quantitative estimate of drug-likeness (QED) is 0.0761. The van der Waals surface area contributed by atoms with Gasteiger partial charge < -0.3 is 35.8 Å². The Kier molecular flexibility index (Phi) is 28.2. The molecule has 0 aliphatic carbocycles. The fourth-order valence-electron chi connectivity index (χ4n) is 15.1. The normalized spacial score (nSPS) is 14.0. The molecule has 0 saturated carbocycles. The molecule has 4 N–H and O–H groups in total. The lowest BCUT2D eigenvalue weighted by molar-refractivity contribution is -0.132. The average molecular weight is 1690 g/mol. The lowest BCUT2D eigenvalue weighted by Crippen LogP contribution is -2.37. The predicted molar refractivity (Wildman–Crippen MR) is 466 cm³/mol. The number of amides is 4. The molecule has 12 aromatic rings. The first-order valence-corrected chi connectivity index (χ1v) is 43.4. The van der Waals surface area contributed by atoms with E-state index in [1.807, 2.05) is 55.5 Å². The van der Waals surface area contributed by atoms with Crippen molar-refractivity contribution in [2.24, 2.45) is 0 Å². The molecule has 4 aliphatic rings. The summed E-state index contributed by atoms with van der Waals surface area (Å²) < 4.78 is 52.5. The SMILES string of the molecule is CC(C)c1cc(-c2ccc(F)cc2)nn1CC(=O)N1CCc2nc(N)sc2CC1.CCCc1cc(-c2ccc(F)c(C)c2)nn1CC(=O)N1CC=C(c2ncc(OC)cn2)CC1.CCc1cc(-c2ccc(C)c(C)c2)nn1CC(=O)N1CCc2nc(N)sc2CC1.Cc1nc2c(s1)CCN(C(=O)Cn1nc(-c3ccc(F)cc3)cc1C(C)C)CC2. The molecule has 24 nitrogen and oxygen atoms in total. The highest BCUT2D eigenvalue weighted by atomic mass is 32.1. The van der Waals surface area contributed by atoms with E-state index in [1.54, 1.807) is 99.5 Å². The third-order valence-electron chi connectivity index (χ3n) is 22.0. The van der Waals surface area contributed by atoms with Gasteiger partial charge in [-0.25, -0.2) is 38.1 Å². The maximum absolute atomic E-state index is 13.7. The number of anilines is 2. The number of carbonyl (C=O) groups excluding carboxylic acids is 4. The lowest BCUT2D eigenvalue weighted by atomic mass is 10.0. The Bertz CT molecular complexity index is 5400. The molecule has 0 bridgehead atoms. The van der Waals surface area contributed by atoms with Crippen molar-refractivity contribution in [3.63, 3.8) is 0 Å². The Morgan fingerprint density at radius 2 is 0.867 bits per heavy atom. The van der Waals surface area contributed by atoms with E-state index in [-0.39, 0.29) is 79.1 Å². The summed E-state index contributed by atoms with van der Waals surface area (Å²) in [6, 6.07) is 32.0. The highest BCUT2D eigenvalue weighted by Crippen LogP contribution is 2.33. The van der Waals surface area contributed by atoms with Crippen LogP contribution in [-0.2, 0) is 96.7 Å². The number of fused-ring (bicyclic) bond motifs is 3. The second-order valence-corrected chi connectivity index (χ2v) is 34.6. The number of methoxy groups -OCH3 is 1. The molecule has 8 aromatic heterocycles. The number of nitrogens with two attached hydrogens (primary N) is 2. The number of thiazole rings is 3. The minimum Gasteiger partial charge on any atom is -0.494 e. The molecular formula is C90H104F3N19O5S3. The molecule has 16 rings (SSSR count). The van der Waals surface area contributed by atoms with E-state index in [0.29, 0.717) is 79.6 Å². The van der Waals surface area contributed by atoms with Crippen molar-refractivity contribution < 1.29 is 37.1 Å². The predicted octanol–water partition coefficient (Wildman–Crippen LogP) is 15.1. The highest BCUT2D eigenvalue weighted by Gasteiger charge is 2.29. The average Bonchev–Trinajstić information content (AvgIpc) is 1.68. The summed E-state index contributed by atoms with van der Waals surface area (Å²) in [6.45, 7) is 26.6. The number of rotatable bonds is 19. The molecule has 4 aliphatic heterocycles. The molecule has 0 fully saturated rings. The van der Waals surface area contributed by atoms with Gasteiger partial charge in [-0.3, -0.25) is 37.9 Å². The van der Waals surface area contributed by atoms with E-state index in [2.05, 4.69) is 120 Å². The summed E-state index contributed by atoms with van der Waals surface area (Å²) in [7, 11) is 1.58. The molecule has 628 valence electrons. The largest absolute Gasteiger partial charge is 0.494 e. The number of halogens is 3. The van der Waals surface area contributed by atoms with Crippen LogP contribution < -0.4 is 16.2 Å². The summed E-state index contributed by atoms with van der Waals surface area (Å²) in [5, 5.41) is 21.1. The number of aryl methyl sites for hydroxylation is 6. The van der Waals surface area contributed by atoms with Crippen molar-refractivity contribution in [1.82, 2.24) is 83.6 Å². The third-order valence-corrected chi connectivity index (χ3v) is 25.1. The van der Waals surface area contributed by atoms with Gasteiger partial charge in [0.2, 0.25) is 23.6 Å². The number of ether oxygens (including phenoxy) is 1. The van der Waals surface area contributed by atoms with Crippen LogP contribution in [0.4, 0.5) is 23.4 Å². The van der Waals surface area contributed by atoms with Crippen molar-refractivity contribution in [3.05, 3.63) is 227 Å². The molecule has 120 heavy (non-hydrogen) atoms. The van der Waals surface area contributed by atoms with Crippen LogP contribution in [0.5, 0.6) is 5.75 Å². The van der Waals surface area contributed by atoms with Crippen LogP contribution in [0.3, 0.4) is 0 Å². The number of benzene rings is 4. The Morgan fingerprint density at radius 1 is 0.458 bits per heavy atom. The van der Waals surface area contributed by atoms with Gasteiger partial charge in [0.1, 0.15) is 43.6 Å². The van der Waals surface area contributed by atoms with Gasteiger partial charge in [-0.05, 0) is 178 Å². The number of nitrogen functional groups attached to an aromatic ring is 2. The number of aromatic nitrogens is 13. The monoisotopic (exact) mass is 1680 g/mol. The Balaban J connectivity index is 0.000000138. The Labute approximate surface area is 710 Å². The maximum atomic E-state index is 13.7. The molecule has 30 heteroatoms. The summed E-state index contributed by atoms with van der Waals surface area (Å²) in [5.41, 5.74) is 29.8. The zero-order chi connectivity index (χ0) is 85.0. The summed E-state index contributed by atoms with van der Waals surface area (Å²) in [5.74, 6) is 1.19. The molecule has 4 aromatic carbocycles. The zero-order valence-corrected chi connectivity index (χ0v) is 72.4. The van der Waals surface area contributed by atoms with E-state index in [9.17, 15) is 32.3 Å². The van der Waals surface area contributed by atoms with Gasteiger partial charge >= 0.3 is 0 Å². The lowest BCUT2D eigenvalue weighted by Gasteiger charge is -2.26. The van der Waals surface area contributed by atoms with Crippen LogP contribution in [-0.4, -0.2) is 167 Å². The summed E-state index contributed by atoms with van der Waals surface area (Å²) in [6.07, 6.45) is 13.4. The number of carbonyl (C=O) groups is 4. The maximum Gasteiger partial charge on any atom is 0.244 e. The van der Waals surface area contributed by atoms with E-state index < -0.39 is 0 Å². The van der Waals surface area contributed by atoms with Crippen molar-refractivity contribution in [3.8, 4) is 50.8 Å². The van der Waals surface area contributed by atoms with Crippen LogP contribution >= 0.6 is 34.0 Å². The van der Waals surface area contributed by atoms with Gasteiger partial charge in [0.25, 0.3) is 0 Å². The van der Waals surface area contributed by atoms with Crippen LogP contribution in [0.15, 0.2) is 128 Å². The molecule has 12 heterocycles. The molecule has 0 saturated heterocycles. The molecular weight excluding hydrogens is 1580 g/mol. The first-order valence-electron chi connectivity index (χ1n) is 41.0. The first-order chi connectivity index (χ1) is 57.7. The van der Waals surface area contributed by atoms with Crippen LogP contribution in [0.25, 0.3) is 50.6 Å². The van der Waals surface area contributed by atoms with Crippen LogP contribution in [0.2, 0.25) is 0 Å². The molecule has 0 radical (unpaired) electrons. The van der Waals surface area contributed by atoms with Gasteiger partial charge in [-0.15, -0.1) is 34.0 Å². The highest BCUT2D eigenvalue weighted by molar-refractivity contribution is 7.15. The first kappa shape index (κ1) is 86.4.